The molecule has 1 N–H and O–H groups in total. The van der Waals surface area contributed by atoms with E-state index in [1.807, 2.05) is 32.0 Å². The molecule has 3 rings (SSSR count). The van der Waals surface area contributed by atoms with E-state index in [9.17, 15) is 18.3 Å². The number of hydrogen-bond donors (Lipinski definition) is 1. The molecule has 0 saturated heterocycles. The molecule has 0 unspecified atom stereocenters. The third-order valence-electron chi connectivity index (χ3n) is 5.02. The van der Waals surface area contributed by atoms with E-state index in [2.05, 4.69) is 4.98 Å². The highest BCUT2D eigenvalue weighted by Gasteiger charge is 2.23. The predicted octanol–water partition coefficient (Wildman–Crippen LogP) is 4.25. The van der Waals surface area contributed by atoms with Gasteiger partial charge in [-0.1, -0.05) is 31.5 Å². The molecule has 0 amide bonds. The molecule has 0 aliphatic carbocycles. The van der Waals surface area contributed by atoms with E-state index in [1.54, 1.807) is 19.9 Å². The highest BCUT2D eigenvalue weighted by molar-refractivity contribution is 7.89. The van der Waals surface area contributed by atoms with Crippen molar-refractivity contribution in [3.05, 3.63) is 59.2 Å². The third-order valence-corrected chi connectivity index (χ3v) is 7.07. The topological polar surface area (TPSA) is 87.6 Å². The fraction of sp³-hybridized carbons (Fsp3) is 0.273. The van der Waals surface area contributed by atoms with Gasteiger partial charge in [0.15, 0.2) is 0 Å². The Morgan fingerprint density at radius 3 is 2.34 bits per heavy atom. The molecular formula is C22H24N2O4S. The number of carboxylic acid groups (broad SMARTS) is 1. The lowest BCUT2D eigenvalue weighted by molar-refractivity contribution is 0.0699. The maximum Gasteiger partial charge on any atom is 0.336 e. The summed E-state index contributed by atoms with van der Waals surface area (Å²) in [5.41, 5.74) is 3.91. The molecule has 0 atom stereocenters. The van der Waals surface area contributed by atoms with Crippen molar-refractivity contribution in [1.29, 1.82) is 0 Å². The molecule has 0 saturated carbocycles. The molecular weight excluding hydrogens is 388 g/mol. The van der Waals surface area contributed by atoms with E-state index in [4.69, 9.17) is 0 Å². The van der Waals surface area contributed by atoms with Gasteiger partial charge < -0.3 is 5.11 Å². The molecule has 1 heterocycles. The van der Waals surface area contributed by atoms with Crippen LogP contribution < -0.4 is 0 Å². The highest BCUT2D eigenvalue weighted by Crippen LogP contribution is 2.30. The van der Waals surface area contributed by atoms with Crippen molar-refractivity contribution in [2.75, 3.05) is 13.1 Å². The number of carboxylic acids is 1. The van der Waals surface area contributed by atoms with Crippen LogP contribution >= 0.6 is 0 Å². The van der Waals surface area contributed by atoms with Gasteiger partial charge in [0, 0.05) is 24.0 Å². The molecule has 3 aromatic rings. The fourth-order valence-electron chi connectivity index (χ4n) is 3.40. The van der Waals surface area contributed by atoms with Gasteiger partial charge in [-0.25, -0.2) is 18.2 Å². The van der Waals surface area contributed by atoms with Crippen molar-refractivity contribution >= 4 is 26.9 Å². The smallest absolute Gasteiger partial charge is 0.336 e. The number of nitrogens with zero attached hydrogens (tertiary/aromatic N) is 2. The number of carbonyl (C=O) groups is 1. The van der Waals surface area contributed by atoms with Crippen LogP contribution in [0.1, 0.15) is 35.3 Å². The van der Waals surface area contributed by atoms with Gasteiger partial charge in [-0.2, -0.15) is 4.31 Å². The summed E-state index contributed by atoms with van der Waals surface area (Å²) in [6.07, 6.45) is 0. The molecule has 29 heavy (non-hydrogen) atoms. The van der Waals surface area contributed by atoms with Crippen molar-refractivity contribution in [3.8, 4) is 11.3 Å². The summed E-state index contributed by atoms with van der Waals surface area (Å²) in [7, 11) is -3.70. The number of rotatable bonds is 6. The summed E-state index contributed by atoms with van der Waals surface area (Å²) in [5, 5.41) is 10.1. The lowest BCUT2D eigenvalue weighted by Crippen LogP contribution is -2.30. The summed E-state index contributed by atoms with van der Waals surface area (Å²) in [4.78, 5) is 16.7. The number of benzene rings is 2. The first-order valence-corrected chi connectivity index (χ1v) is 10.9. The number of hydrogen-bond acceptors (Lipinski definition) is 4. The van der Waals surface area contributed by atoms with Crippen LogP contribution in [0.25, 0.3) is 22.2 Å². The van der Waals surface area contributed by atoms with Gasteiger partial charge in [0.05, 0.1) is 21.7 Å². The van der Waals surface area contributed by atoms with Crippen LogP contribution in [0.4, 0.5) is 0 Å². The molecule has 6 nitrogen and oxygen atoms in total. The average Bonchev–Trinajstić information content (AvgIpc) is 2.69. The summed E-state index contributed by atoms with van der Waals surface area (Å²) in [6, 6.07) is 11.9. The summed E-state index contributed by atoms with van der Waals surface area (Å²) >= 11 is 0. The minimum atomic E-state index is -3.70. The summed E-state index contributed by atoms with van der Waals surface area (Å²) in [5.74, 6) is -1.12. The molecule has 7 heteroatoms. The quantitative estimate of drug-likeness (QED) is 0.654. The molecule has 152 valence electrons. The number of aromatic carboxylic acids is 1. The minimum Gasteiger partial charge on any atom is -0.478 e. The van der Waals surface area contributed by atoms with E-state index in [0.29, 0.717) is 29.7 Å². The van der Waals surface area contributed by atoms with E-state index in [0.717, 1.165) is 16.7 Å². The Morgan fingerprint density at radius 2 is 1.72 bits per heavy atom. The fourth-order valence-corrected chi connectivity index (χ4v) is 4.89. The minimum absolute atomic E-state index is 0.0301. The molecule has 1 aromatic heterocycles. The zero-order chi connectivity index (χ0) is 21.3. The second-order valence-electron chi connectivity index (χ2n) is 6.95. The summed E-state index contributed by atoms with van der Waals surface area (Å²) in [6.45, 7) is 8.12. The van der Waals surface area contributed by atoms with Crippen molar-refractivity contribution in [2.45, 2.75) is 32.6 Å². The highest BCUT2D eigenvalue weighted by atomic mass is 32.2. The zero-order valence-electron chi connectivity index (χ0n) is 16.9. The molecule has 2 aromatic carbocycles. The van der Waals surface area contributed by atoms with Gasteiger partial charge >= 0.3 is 5.97 Å². The van der Waals surface area contributed by atoms with Gasteiger partial charge in [-0.05, 0) is 49.7 Å². The SMILES string of the molecule is CCN(CC)S(=O)(=O)c1ccc2nc(-c3cc(C)ccc3C)cc(C(=O)O)c2c1. The largest absolute Gasteiger partial charge is 0.478 e. The van der Waals surface area contributed by atoms with Crippen LogP contribution in [-0.2, 0) is 10.0 Å². The van der Waals surface area contributed by atoms with E-state index in [1.165, 1.54) is 22.5 Å². The molecule has 0 bridgehead atoms. The van der Waals surface area contributed by atoms with Gasteiger partial charge in [-0.3, -0.25) is 0 Å². The first-order valence-electron chi connectivity index (χ1n) is 9.45. The van der Waals surface area contributed by atoms with Crippen LogP contribution in [-0.4, -0.2) is 41.9 Å². The number of aryl methyl sites for hydroxylation is 2. The van der Waals surface area contributed by atoms with Crippen LogP contribution in [0.2, 0.25) is 0 Å². The van der Waals surface area contributed by atoms with Crippen LogP contribution in [0.15, 0.2) is 47.4 Å². The van der Waals surface area contributed by atoms with Crippen LogP contribution in [0, 0.1) is 13.8 Å². The Morgan fingerprint density at radius 1 is 1.03 bits per heavy atom. The zero-order valence-corrected chi connectivity index (χ0v) is 17.7. The molecule has 0 aliphatic rings. The van der Waals surface area contributed by atoms with E-state index in [-0.39, 0.29) is 10.5 Å². The number of pyridine rings is 1. The third kappa shape index (κ3) is 3.88. The van der Waals surface area contributed by atoms with Crippen molar-refractivity contribution in [2.24, 2.45) is 0 Å². The Labute approximate surface area is 170 Å². The Hall–Kier alpha value is -2.77. The Balaban J connectivity index is 2.26. The van der Waals surface area contributed by atoms with Crippen molar-refractivity contribution in [1.82, 2.24) is 9.29 Å². The Kier molecular flexibility index (Phi) is 5.73. The van der Waals surface area contributed by atoms with E-state index < -0.39 is 16.0 Å². The molecule has 0 radical (unpaired) electrons. The van der Waals surface area contributed by atoms with Crippen LogP contribution in [0.5, 0.6) is 0 Å². The predicted molar refractivity (Wildman–Crippen MR) is 114 cm³/mol. The van der Waals surface area contributed by atoms with Gasteiger partial charge in [0.1, 0.15) is 0 Å². The normalized spacial score (nSPS) is 11.9. The standard InChI is InChI=1S/C22H24N2O4S/c1-5-24(6-2)29(27,28)16-9-10-20-18(12-16)19(22(25)26)13-21(23-20)17-11-14(3)7-8-15(17)4/h7-13H,5-6H2,1-4H3,(H,25,26). The number of aromatic nitrogens is 1. The van der Waals surface area contributed by atoms with E-state index >= 15 is 0 Å². The Bertz CT molecular complexity index is 1200. The van der Waals surface area contributed by atoms with Crippen LogP contribution in [0.3, 0.4) is 0 Å². The summed E-state index contributed by atoms with van der Waals surface area (Å²) < 4.78 is 27.0. The molecule has 0 fully saturated rings. The average molecular weight is 413 g/mol. The maximum absolute atomic E-state index is 12.8. The first-order chi connectivity index (χ1) is 13.7. The lowest BCUT2D eigenvalue weighted by atomic mass is 9.99. The first kappa shape index (κ1) is 21.0. The van der Waals surface area contributed by atoms with Gasteiger partial charge in [0.25, 0.3) is 0 Å². The second kappa shape index (κ2) is 7.93. The molecule has 0 aliphatic heterocycles. The monoisotopic (exact) mass is 412 g/mol. The van der Waals surface area contributed by atoms with Gasteiger partial charge in [-0.15, -0.1) is 0 Å². The number of fused-ring (bicyclic) bond motifs is 1. The maximum atomic E-state index is 12.8. The van der Waals surface area contributed by atoms with Crippen molar-refractivity contribution < 1.29 is 18.3 Å². The number of sulfonamides is 1. The van der Waals surface area contributed by atoms with Gasteiger partial charge in [0.2, 0.25) is 10.0 Å². The lowest BCUT2D eigenvalue weighted by Gasteiger charge is -2.19. The second-order valence-corrected chi connectivity index (χ2v) is 8.88. The molecule has 0 spiro atoms. The van der Waals surface area contributed by atoms with Crippen molar-refractivity contribution in [3.63, 3.8) is 0 Å².